The fraction of sp³-hybridized carbons (Fsp3) is 0.357. The van der Waals surface area contributed by atoms with E-state index < -0.39 is 5.97 Å². The number of para-hydroxylation sites is 1. The summed E-state index contributed by atoms with van der Waals surface area (Å²) in [5.41, 5.74) is 1.25. The van der Waals surface area contributed by atoms with Gasteiger partial charge in [-0.05, 0) is 12.0 Å². The first-order valence-electron chi connectivity index (χ1n) is 6.40. The van der Waals surface area contributed by atoms with Gasteiger partial charge in [0.25, 0.3) is 5.91 Å². The van der Waals surface area contributed by atoms with Crippen molar-refractivity contribution in [3.8, 4) is 0 Å². The highest BCUT2D eigenvalue weighted by Gasteiger charge is 2.16. The molecular formula is C14H17N3O3. The molecule has 0 saturated carbocycles. The Labute approximate surface area is 116 Å². The predicted molar refractivity (Wildman–Crippen MR) is 74.5 cm³/mol. The molecule has 0 spiro atoms. The van der Waals surface area contributed by atoms with Crippen molar-refractivity contribution < 1.29 is 14.7 Å². The van der Waals surface area contributed by atoms with Crippen LogP contribution < -0.4 is 5.32 Å². The van der Waals surface area contributed by atoms with Gasteiger partial charge >= 0.3 is 5.97 Å². The fourth-order valence-electron chi connectivity index (χ4n) is 2.10. The molecule has 1 aromatic carbocycles. The zero-order valence-corrected chi connectivity index (χ0v) is 11.5. The van der Waals surface area contributed by atoms with Gasteiger partial charge in [0.15, 0.2) is 5.69 Å². The minimum Gasteiger partial charge on any atom is -0.481 e. The molecular weight excluding hydrogens is 258 g/mol. The molecule has 2 N–H and O–H groups in total. The zero-order valence-electron chi connectivity index (χ0n) is 11.5. The van der Waals surface area contributed by atoms with Crippen LogP contribution in [0.4, 0.5) is 0 Å². The first kappa shape index (κ1) is 14.0. The summed E-state index contributed by atoms with van der Waals surface area (Å²) in [6, 6.07) is 7.48. The van der Waals surface area contributed by atoms with Crippen molar-refractivity contribution in [3.63, 3.8) is 0 Å². The normalized spacial score (nSPS) is 12.3. The highest BCUT2D eigenvalue weighted by molar-refractivity contribution is 6.04. The van der Waals surface area contributed by atoms with E-state index in [0.29, 0.717) is 12.2 Å². The van der Waals surface area contributed by atoms with Crippen molar-refractivity contribution in [2.24, 2.45) is 13.0 Å². The third-order valence-electron chi connectivity index (χ3n) is 3.11. The Morgan fingerprint density at radius 3 is 2.80 bits per heavy atom. The number of aryl methyl sites for hydroxylation is 1. The number of nitrogens with zero attached hydrogens (tertiary/aromatic N) is 2. The number of aliphatic carboxylic acids is 1. The van der Waals surface area contributed by atoms with Crippen molar-refractivity contribution in [2.75, 3.05) is 6.54 Å². The molecule has 1 amide bonds. The highest BCUT2D eigenvalue weighted by Crippen LogP contribution is 2.17. The number of carbonyl (C=O) groups is 2. The van der Waals surface area contributed by atoms with Gasteiger partial charge in [-0.15, -0.1) is 0 Å². The summed E-state index contributed by atoms with van der Waals surface area (Å²) in [4.78, 5) is 22.7. The fourth-order valence-corrected chi connectivity index (χ4v) is 2.10. The summed E-state index contributed by atoms with van der Waals surface area (Å²) < 4.78 is 1.66. The van der Waals surface area contributed by atoms with Crippen molar-refractivity contribution in [1.82, 2.24) is 15.1 Å². The number of carboxylic acids is 1. The lowest BCUT2D eigenvalue weighted by molar-refractivity contribution is -0.137. The van der Waals surface area contributed by atoms with Gasteiger partial charge in [-0.1, -0.05) is 25.1 Å². The molecule has 6 heteroatoms. The molecule has 106 valence electrons. The van der Waals surface area contributed by atoms with E-state index in [-0.39, 0.29) is 18.2 Å². The van der Waals surface area contributed by atoms with Crippen LogP contribution in [0.1, 0.15) is 23.8 Å². The number of hydrogen-bond acceptors (Lipinski definition) is 3. The molecule has 0 fully saturated rings. The maximum atomic E-state index is 12.1. The van der Waals surface area contributed by atoms with Crippen LogP contribution >= 0.6 is 0 Å². The number of rotatable bonds is 5. The van der Waals surface area contributed by atoms with Crippen LogP contribution in [0.3, 0.4) is 0 Å². The average Bonchev–Trinajstić information content (AvgIpc) is 2.73. The lowest BCUT2D eigenvalue weighted by Gasteiger charge is -2.09. The van der Waals surface area contributed by atoms with Gasteiger partial charge in [0.2, 0.25) is 0 Å². The van der Waals surface area contributed by atoms with Crippen LogP contribution in [0, 0.1) is 5.92 Å². The number of amides is 1. The first-order chi connectivity index (χ1) is 9.49. The molecule has 6 nitrogen and oxygen atoms in total. The molecule has 0 aliphatic carbocycles. The van der Waals surface area contributed by atoms with Gasteiger partial charge in [0.05, 0.1) is 5.52 Å². The molecule has 0 aliphatic heterocycles. The summed E-state index contributed by atoms with van der Waals surface area (Å²) in [7, 11) is 1.78. The van der Waals surface area contributed by atoms with Crippen LogP contribution in [0.25, 0.3) is 10.9 Å². The van der Waals surface area contributed by atoms with E-state index in [1.54, 1.807) is 18.7 Å². The number of nitrogens with one attached hydrogen (secondary N) is 1. The SMILES string of the molecule is CC(CNC(=O)c1nn(C)c2ccccc12)CC(=O)O. The highest BCUT2D eigenvalue weighted by atomic mass is 16.4. The summed E-state index contributed by atoms with van der Waals surface area (Å²) in [6.07, 6.45) is 0.0310. The second kappa shape index (κ2) is 5.73. The second-order valence-corrected chi connectivity index (χ2v) is 4.90. The molecule has 0 radical (unpaired) electrons. The smallest absolute Gasteiger partial charge is 0.303 e. The van der Waals surface area contributed by atoms with Crippen LogP contribution in [0.2, 0.25) is 0 Å². The van der Waals surface area contributed by atoms with Gasteiger partial charge in [0.1, 0.15) is 0 Å². The van der Waals surface area contributed by atoms with E-state index in [1.165, 1.54) is 0 Å². The van der Waals surface area contributed by atoms with Crippen LogP contribution in [0.5, 0.6) is 0 Å². The van der Waals surface area contributed by atoms with E-state index >= 15 is 0 Å². The summed E-state index contributed by atoms with van der Waals surface area (Å²) in [5.74, 6) is -1.26. The molecule has 0 saturated heterocycles. The van der Waals surface area contributed by atoms with Gasteiger partial charge < -0.3 is 10.4 Å². The van der Waals surface area contributed by atoms with Crippen molar-refractivity contribution in [1.29, 1.82) is 0 Å². The molecule has 1 atom stereocenters. The molecule has 2 aromatic rings. The van der Waals surface area contributed by atoms with Crippen molar-refractivity contribution in [2.45, 2.75) is 13.3 Å². The molecule has 20 heavy (non-hydrogen) atoms. The van der Waals surface area contributed by atoms with Crippen molar-refractivity contribution in [3.05, 3.63) is 30.0 Å². The quantitative estimate of drug-likeness (QED) is 0.864. The Kier molecular flexibility index (Phi) is 4.02. The molecule has 0 aliphatic rings. The van der Waals surface area contributed by atoms with E-state index in [2.05, 4.69) is 10.4 Å². The Hall–Kier alpha value is -2.37. The summed E-state index contributed by atoms with van der Waals surface area (Å²) in [6.45, 7) is 2.10. The van der Waals surface area contributed by atoms with Crippen LogP contribution in [-0.2, 0) is 11.8 Å². The second-order valence-electron chi connectivity index (χ2n) is 4.90. The predicted octanol–water partition coefficient (Wildman–Crippen LogP) is 1.41. The first-order valence-corrected chi connectivity index (χ1v) is 6.40. The standard InChI is InChI=1S/C14H17N3O3/c1-9(7-12(18)19)8-15-14(20)13-10-5-3-4-6-11(10)17(2)16-13/h3-6,9H,7-8H2,1-2H3,(H,15,20)(H,18,19). The van der Waals surface area contributed by atoms with Crippen LogP contribution in [-0.4, -0.2) is 33.3 Å². The minimum absolute atomic E-state index is 0.0310. The monoisotopic (exact) mass is 275 g/mol. The summed E-state index contributed by atoms with van der Waals surface area (Å²) >= 11 is 0. The van der Waals surface area contributed by atoms with Gasteiger partial charge in [-0.25, -0.2) is 0 Å². The number of aromatic nitrogens is 2. The maximum Gasteiger partial charge on any atom is 0.303 e. The third kappa shape index (κ3) is 2.96. The topological polar surface area (TPSA) is 84.2 Å². The number of carbonyl (C=O) groups excluding carboxylic acids is 1. The Balaban J connectivity index is 2.10. The largest absolute Gasteiger partial charge is 0.481 e. The lowest BCUT2D eigenvalue weighted by Crippen LogP contribution is -2.29. The van der Waals surface area contributed by atoms with Crippen molar-refractivity contribution >= 4 is 22.8 Å². The number of fused-ring (bicyclic) bond motifs is 1. The zero-order chi connectivity index (χ0) is 14.7. The van der Waals surface area contributed by atoms with E-state index in [9.17, 15) is 9.59 Å². The van der Waals surface area contributed by atoms with Gasteiger partial charge in [-0.3, -0.25) is 14.3 Å². The molecule has 1 unspecified atom stereocenters. The average molecular weight is 275 g/mol. The van der Waals surface area contributed by atoms with E-state index in [4.69, 9.17) is 5.11 Å². The Bertz CT molecular complexity index is 648. The molecule has 2 rings (SSSR count). The maximum absolute atomic E-state index is 12.1. The van der Waals surface area contributed by atoms with Crippen LogP contribution in [0.15, 0.2) is 24.3 Å². The van der Waals surface area contributed by atoms with E-state index in [0.717, 1.165) is 10.9 Å². The van der Waals surface area contributed by atoms with E-state index in [1.807, 2.05) is 24.3 Å². The molecule has 0 bridgehead atoms. The number of carboxylic acid groups (broad SMARTS) is 1. The number of hydrogen-bond donors (Lipinski definition) is 2. The minimum atomic E-state index is -0.866. The third-order valence-corrected chi connectivity index (χ3v) is 3.11. The Morgan fingerprint density at radius 2 is 2.10 bits per heavy atom. The lowest BCUT2D eigenvalue weighted by atomic mass is 10.1. The Morgan fingerprint density at radius 1 is 1.40 bits per heavy atom. The molecule has 1 aromatic heterocycles. The molecule has 1 heterocycles. The number of benzene rings is 1. The van der Waals surface area contributed by atoms with Gasteiger partial charge in [0, 0.05) is 25.4 Å². The van der Waals surface area contributed by atoms with Gasteiger partial charge in [-0.2, -0.15) is 5.10 Å². The summed E-state index contributed by atoms with van der Waals surface area (Å²) in [5, 5.41) is 16.4.